The first-order valence-electron chi connectivity index (χ1n) is 12.0. The van der Waals surface area contributed by atoms with E-state index in [-0.39, 0.29) is 23.6 Å². The van der Waals surface area contributed by atoms with Crippen LogP contribution in [0.4, 0.5) is 11.4 Å². The van der Waals surface area contributed by atoms with Gasteiger partial charge in [0, 0.05) is 18.2 Å². The number of rotatable bonds is 9. The van der Waals surface area contributed by atoms with Crippen molar-refractivity contribution < 1.29 is 28.8 Å². The SMILES string of the molecule is COc1ccc(CCN(C(=O)c2ccc(Cl)c([N+](=O)[O-])c2)C2CC(=O)N(c3ccc(C)cc3)C2=O)cc1OC. The first-order chi connectivity index (χ1) is 18.6. The van der Waals surface area contributed by atoms with Crippen LogP contribution < -0.4 is 14.4 Å². The van der Waals surface area contributed by atoms with Crippen LogP contribution in [0, 0.1) is 17.0 Å². The zero-order valence-corrected chi connectivity index (χ0v) is 22.3. The maximum absolute atomic E-state index is 13.7. The van der Waals surface area contributed by atoms with Crippen LogP contribution in [0.5, 0.6) is 11.5 Å². The Hall–Kier alpha value is -4.44. The number of imide groups is 1. The molecule has 4 rings (SSSR count). The molecule has 0 aromatic heterocycles. The minimum Gasteiger partial charge on any atom is -0.493 e. The molecule has 202 valence electrons. The Balaban J connectivity index is 1.68. The Labute approximate surface area is 229 Å². The maximum atomic E-state index is 13.7. The number of carbonyl (C=O) groups is 3. The number of nitrogens with zero attached hydrogens (tertiary/aromatic N) is 3. The molecule has 0 aliphatic carbocycles. The predicted molar refractivity (Wildman–Crippen MR) is 144 cm³/mol. The molecule has 0 spiro atoms. The molecule has 3 aromatic carbocycles. The molecule has 1 atom stereocenters. The standard InChI is InChI=1S/C28H26ClN3O7/c1-17-4-8-20(9-5-17)31-26(33)16-23(28(31)35)30(13-12-18-6-11-24(38-2)25(14-18)39-3)27(34)19-7-10-21(29)22(15-19)32(36)37/h4-11,14-15,23H,12-13,16H2,1-3H3. The lowest BCUT2D eigenvalue weighted by atomic mass is 10.1. The second-order valence-electron chi connectivity index (χ2n) is 8.98. The van der Waals surface area contributed by atoms with E-state index < -0.39 is 34.4 Å². The van der Waals surface area contributed by atoms with Crippen molar-refractivity contribution >= 4 is 40.7 Å². The number of amides is 3. The largest absolute Gasteiger partial charge is 0.493 e. The summed E-state index contributed by atoms with van der Waals surface area (Å²) in [6, 6.07) is 14.8. The molecule has 39 heavy (non-hydrogen) atoms. The number of carbonyl (C=O) groups excluding carboxylic acids is 3. The summed E-state index contributed by atoms with van der Waals surface area (Å²) in [7, 11) is 3.03. The van der Waals surface area contributed by atoms with Gasteiger partial charge in [-0.1, -0.05) is 35.4 Å². The van der Waals surface area contributed by atoms with Crippen LogP contribution in [0.25, 0.3) is 0 Å². The lowest BCUT2D eigenvalue weighted by Crippen LogP contribution is -2.46. The van der Waals surface area contributed by atoms with Crippen LogP contribution in [0.3, 0.4) is 0 Å². The van der Waals surface area contributed by atoms with E-state index in [0.29, 0.717) is 23.6 Å². The normalized spacial score (nSPS) is 14.9. The lowest BCUT2D eigenvalue weighted by molar-refractivity contribution is -0.384. The number of nitro benzene ring substituents is 1. The molecule has 1 saturated heterocycles. The minimum absolute atomic E-state index is 0.0209. The number of aryl methyl sites for hydroxylation is 1. The van der Waals surface area contributed by atoms with Crippen LogP contribution >= 0.6 is 11.6 Å². The molecule has 3 amide bonds. The molecule has 0 saturated carbocycles. The lowest BCUT2D eigenvalue weighted by Gasteiger charge is -2.28. The van der Waals surface area contributed by atoms with Crippen LogP contribution in [-0.4, -0.2) is 54.4 Å². The molecule has 1 fully saturated rings. The highest BCUT2D eigenvalue weighted by Gasteiger charge is 2.44. The van der Waals surface area contributed by atoms with Crippen molar-refractivity contribution in [3.8, 4) is 11.5 Å². The van der Waals surface area contributed by atoms with Gasteiger partial charge in [0.1, 0.15) is 11.1 Å². The van der Waals surface area contributed by atoms with Gasteiger partial charge in [0.05, 0.1) is 31.3 Å². The van der Waals surface area contributed by atoms with E-state index in [1.807, 2.05) is 6.92 Å². The molecule has 0 N–H and O–H groups in total. The number of halogens is 1. The fraction of sp³-hybridized carbons (Fsp3) is 0.250. The number of methoxy groups -OCH3 is 2. The molecule has 10 nitrogen and oxygen atoms in total. The molecule has 1 unspecified atom stereocenters. The zero-order valence-electron chi connectivity index (χ0n) is 21.5. The van der Waals surface area contributed by atoms with Crippen molar-refractivity contribution in [3.05, 3.63) is 92.5 Å². The van der Waals surface area contributed by atoms with Gasteiger partial charge in [0.25, 0.3) is 17.5 Å². The van der Waals surface area contributed by atoms with E-state index in [4.69, 9.17) is 21.1 Å². The van der Waals surface area contributed by atoms with Crippen molar-refractivity contribution in [1.29, 1.82) is 0 Å². The van der Waals surface area contributed by atoms with E-state index >= 15 is 0 Å². The number of hydrogen-bond acceptors (Lipinski definition) is 7. The summed E-state index contributed by atoms with van der Waals surface area (Å²) < 4.78 is 10.6. The van der Waals surface area contributed by atoms with Gasteiger partial charge in [-0.15, -0.1) is 0 Å². The molecule has 0 radical (unpaired) electrons. The summed E-state index contributed by atoms with van der Waals surface area (Å²) in [5.74, 6) is -0.591. The predicted octanol–water partition coefficient (Wildman–Crippen LogP) is 4.59. The van der Waals surface area contributed by atoms with Crippen LogP contribution in [-0.2, 0) is 16.0 Å². The third-order valence-corrected chi connectivity index (χ3v) is 6.85. The Bertz CT molecular complexity index is 1440. The Morgan fingerprint density at radius 1 is 1.05 bits per heavy atom. The van der Waals surface area contributed by atoms with Crippen molar-refractivity contribution in [2.75, 3.05) is 25.7 Å². The van der Waals surface area contributed by atoms with Crippen molar-refractivity contribution in [2.24, 2.45) is 0 Å². The van der Waals surface area contributed by atoms with Gasteiger partial charge < -0.3 is 14.4 Å². The molecular weight excluding hydrogens is 526 g/mol. The zero-order chi connectivity index (χ0) is 28.3. The molecule has 0 bridgehead atoms. The van der Waals surface area contributed by atoms with E-state index in [1.54, 1.807) is 42.5 Å². The van der Waals surface area contributed by atoms with Gasteiger partial charge in [-0.2, -0.15) is 0 Å². The Morgan fingerprint density at radius 2 is 1.74 bits per heavy atom. The van der Waals surface area contributed by atoms with Gasteiger partial charge in [0.2, 0.25) is 5.91 Å². The highest BCUT2D eigenvalue weighted by molar-refractivity contribution is 6.32. The van der Waals surface area contributed by atoms with Gasteiger partial charge in [-0.3, -0.25) is 24.5 Å². The molecule has 1 aliphatic rings. The van der Waals surface area contributed by atoms with E-state index in [2.05, 4.69) is 0 Å². The van der Waals surface area contributed by atoms with Gasteiger partial charge in [-0.05, 0) is 55.3 Å². The highest BCUT2D eigenvalue weighted by Crippen LogP contribution is 2.31. The summed E-state index contributed by atoms with van der Waals surface area (Å²) in [6.45, 7) is 1.94. The first-order valence-corrected chi connectivity index (χ1v) is 12.4. The number of anilines is 1. The van der Waals surface area contributed by atoms with Crippen molar-refractivity contribution in [2.45, 2.75) is 25.8 Å². The molecule has 1 heterocycles. The quantitative estimate of drug-likeness (QED) is 0.217. The van der Waals surface area contributed by atoms with Crippen LogP contribution in [0.2, 0.25) is 5.02 Å². The van der Waals surface area contributed by atoms with E-state index in [0.717, 1.165) is 22.1 Å². The van der Waals surface area contributed by atoms with E-state index in [1.165, 1.54) is 31.3 Å². The smallest absolute Gasteiger partial charge is 0.288 e. The first kappa shape index (κ1) is 27.6. The average molecular weight is 552 g/mol. The summed E-state index contributed by atoms with van der Waals surface area (Å²) in [6.07, 6.45) is 0.0876. The fourth-order valence-electron chi connectivity index (χ4n) is 4.46. The highest BCUT2D eigenvalue weighted by atomic mass is 35.5. The number of hydrogen-bond donors (Lipinski definition) is 0. The van der Waals surface area contributed by atoms with Crippen molar-refractivity contribution in [3.63, 3.8) is 0 Å². The van der Waals surface area contributed by atoms with Crippen molar-refractivity contribution in [1.82, 2.24) is 4.90 Å². The topological polar surface area (TPSA) is 119 Å². The van der Waals surface area contributed by atoms with E-state index in [9.17, 15) is 24.5 Å². The molecule has 3 aromatic rings. The summed E-state index contributed by atoms with van der Waals surface area (Å²) >= 11 is 5.94. The van der Waals surface area contributed by atoms with Gasteiger partial charge in [-0.25, -0.2) is 4.90 Å². The summed E-state index contributed by atoms with van der Waals surface area (Å²) in [5, 5.41) is 11.3. The summed E-state index contributed by atoms with van der Waals surface area (Å²) in [4.78, 5) is 53.4. The third-order valence-electron chi connectivity index (χ3n) is 6.53. The van der Waals surface area contributed by atoms with Gasteiger partial charge in [0.15, 0.2) is 11.5 Å². The third kappa shape index (κ3) is 5.70. The molecular formula is C28H26ClN3O7. The number of nitro groups is 1. The minimum atomic E-state index is -1.10. The Morgan fingerprint density at radius 3 is 2.38 bits per heavy atom. The molecule has 1 aliphatic heterocycles. The van der Waals surface area contributed by atoms with Crippen LogP contribution in [0.15, 0.2) is 60.7 Å². The Kier molecular flexibility index (Phi) is 8.15. The monoisotopic (exact) mass is 551 g/mol. The second kappa shape index (κ2) is 11.5. The number of ether oxygens (including phenoxy) is 2. The van der Waals surface area contributed by atoms with Gasteiger partial charge >= 0.3 is 0 Å². The fourth-order valence-corrected chi connectivity index (χ4v) is 4.65. The second-order valence-corrected chi connectivity index (χ2v) is 9.39. The van der Waals surface area contributed by atoms with Crippen LogP contribution in [0.1, 0.15) is 27.9 Å². The maximum Gasteiger partial charge on any atom is 0.288 e. The molecule has 11 heteroatoms. The number of benzene rings is 3. The average Bonchev–Trinajstić information content (AvgIpc) is 3.22. The summed E-state index contributed by atoms with van der Waals surface area (Å²) in [5.41, 5.74) is 1.71.